The fourth-order valence-corrected chi connectivity index (χ4v) is 1.97. The van der Waals surface area contributed by atoms with Crippen LogP contribution in [0, 0.1) is 17.4 Å². The fraction of sp³-hybridized carbons (Fsp3) is 0.200. The lowest BCUT2D eigenvalue weighted by atomic mass is 10.1. The van der Waals surface area contributed by atoms with E-state index in [1.165, 1.54) is 12.3 Å². The van der Waals surface area contributed by atoms with Crippen LogP contribution in [0.15, 0.2) is 42.6 Å². The molecule has 0 bridgehead atoms. The van der Waals surface area contributed by atoms with Crippen molar-refractivity contribution in [2.75, 3.05) is 11.4 Å². The quantitative estimate of drug-likeness (QED) is 0.657. The van der Waals surface area contributed by atoms with Crippen LogP contribution in [0.1, 0.15) is 5.56 Å². The third-order valence-corrected chi connectivity index (χ3v) is 3.00. The van der Waals surface area contributed by atoms with Crippen molar-refractivity contribution in [1.29, 1.82) is 5.26 Å². The SMILES string of the molecule is N#CCN(C(=O)[C@@H](N)Cc1ccccc1)c1ccnc(F)n1. The topological polar surface area (TPSA) is 95.9 Å². The minimum atomic E-state index is -0.968. The van der Waals surface area contributed by atoms with E-state index in [9.17, 15) is 9.18 Å². The Labute approximate surface area is 127 Å². The number of aromatic nitrogens is 2. The number of carbonyl (C=O) groups is 1. The molecule has 2 N–H and O–H groups in total. The van der Waals surface area contributed by atoms with Gasteiger partial charge in [-0.05, 0) is 18.1 Å². The second kappa shape index (κ2) is 7.24. The molecular formula is C15H14FN5O. The number of hydrogen-bond donors (Lipinski definition) is 1. The molecule has 0 aliphatic rings. The Hall–Kier alpha value is -2.85. The van der Waals surface area contributed by atoms with Crippen molar-refractivity contribution in [3.8, 4) is 6.07 Å². The first-order valence-corrected chi connectivity index (χ1v) is 6.58. The van der Waals surface area contributed by atoms with Crippen LogP contribution in [0.4, 0.5) is 10.2 Å². The maximum Gasteiger partial charge on any atom is 0.310 e. The fourth-order valence-electron chi connectivity index (χ4n) is 1.97. The molecule has 0 spiro atoms. The van der Waals surface area contributed by atoms with Crippen molar-refractivity contribution in [3.63, 3.8) is 0 Å². The van der Waals surface area contributed by atoms with Crippen LogP contribution < -0.4 is 10.6 Å². The second-order valence-electron chi connectivity index (χ2n) is 4.56. The van der Waals surface area contributed by atoms with Gasteiger partial charge in [0.05, 0.1) is 12.1 Å². The highest BCUT2D eigenvalue weighted by atomic mass is 19.1. The molecule has 112 valence electrons. The molecule has 0 aliphatic heterocycles. The van der Waals surface area contributed by atoms with Gasteiger partial charge in [-0.15, -0.1) is 0 Å². The standard InChI is InChI=1S/C15H14FN5O/c16-15-19-8-6-13(20-15)21(9-7-17)14(22)12(18)10-11-4-2-1-3-5-11/h1-6,8,12H,9-10,18H2/t12-/m0/s1. The molecule has 7 heteroatoms. The van der Waals surface area contributed by atoms with E-state index in [0.29, 0.717) is 6.42 Å². The number of benzene rings is 1. The number of nitrogens with zero attached hydrogens (tertiary/aromatic N) is 4. The number of rotatable bonds is 5. The Morgan fingerprint density at radius 2 is 2.09 bits per heavy atom. The normalized spacial score (nSPS) is 11.5. The van der Waals surface area contributed by atoms with Gasteiger partial charge in [-0.25, -0.2) is 4.98 Å². The molecule has 6 nitrogen and oxygen atoms in total. The van der Waals surface area contributed by atoms with Gasteiger partial charge in [-0.1, -0.05) is 30.3 Å². The first-order valence-electron chi connectivity index (χ1n) is 6.58. The number of anilines is 1. The van der Waals surface area contributed by atoms with Crippen LogP contribution in [-0.4, -0.2) is 28.5 Å². The third kappa shape index (κ3) is 3.84. The van der Waals surface area contributed by atoms with Crippen LogP contribution in [0.25, 0.3) is 0 Å². The van der Waals surface area contributed by atoms with Crippen LogP contribution in [-0.2, 0) is 11.2 Å². The lowest BCUT2D eigenvalue weighted by Gasteiger charge is -2.22. The lowest BCUT2D eigenvalue weighted by Crippen LogP contribution is -2.45. The second-order valence-corrected chi connectivity index (χ2v) is 4.56. The zero-order chi connectivity index (χ0) is 15.9. The van der Waals surface area contributed by atoms with Gasteiger partial charge in [0.25, 0.3) is 0 Å². The van der Waals surface area contributed by atoms with E-state index < -0.39 is 18.0 Å². The van der Waals surface area contributed by atoms with Crippen LogP contribution in [0.5, 0.6) is 0 Å². The van der Waals surface area contributed by atoms with Gasteiger partial charge in [0, 0.05) is 6.20 Å². The van der Waals surface area contributed by atoms with E-state index in [1.807, 2.05) is 36.4 Å². The third-order valence-electron chi connectivity index (χ3n) is 3.00. The summed E-state index contributed by atoms with van der Waals surface area (Å²) in [6.07, 6.45) is 0.526. The Bertz CT molecular complexity index is 686. The summed E-state index contributed by atoms with van der Waals surface area (Å²) < 4.78 is 13.1. The van der Waals surface area contributed by atoms with Gasteiger partial charge in [-0.3, -0.25) is 9.69 Å². The summed E-state index contributed by atoms with van der Waals surface area (Å²) in [5.41, 5.74) is 6.82. The predicted octanol–water partition coefficient (Wildman–Crippen LogP) is 1.04. The smallest absolute Gasteiger partial charge is 0.310 e. The molecule has 1 atom stereocenters. The monoisotopic (exact) mass is 299 g/mol. The van der Waals surface area contributed by atoms with E-state index >= 15 is 0 Å². The Morgan fingerprint density at radius 3 is 2.73 bits per heavy atom. The summed E-state index contributed by atoms with van der Waals surface area (Å²) in [7, 11) is 0. The van der Waals surface area contributed by atoms with Crippen molar-refractivity contribution < 1.29 is 9.18 Å². The molecule has 1 aromatic carbocycles. The molecule has 2 rings (SSSR count). The molecule has 2 aromatic rings. The molecule has 0 fully saturated rings. The van der Waals surface area contributed by atoms with E-state index in [-0.39, 0.29) is 12.4 Å². The number of amides is 1. The van der Waals surface area contributed by atoms with Crippen LogP contribution in [0.3, 0.4) is 0 Å². The number of hydrogen-bond acceptors (Lipinski definition) is 5. The highest BCUT2D eigenvalue weighted by Gasteiger charge is 2.24. The first-order chi connectivity index (χ1) is 10.6. The summed E-state index contributed by atoms with van der Waals surface area (Å²) >= 11 is 0. The summed E-state index contributed by atoms with van der Waals surface area (Å²) in [5.74, 6) is -0.480. The molecule has 1 aromatic heterocycles. The van der Waals surface area contributed by atoms with Gasteiger partial charge >= 0.3 is 6.08 Å². The summed E-state index contributed by atoms with van der Waals surface area (Å²) in [5, 5.41) is 8.87. The molecule has 1 amide bonds. The average Bonchev–Trinajstić information content (AvgIpc) is 2.53. The molecule has 22 heavy (non-hydrogen) atoms. The Morgan fingerprint density at radius 1 is 1.36 bits per heavy atom. The number of nitriles is 1. The van der Waals surface area contributed by atoms with Crippen LogP contribution >= 0.6 is 0 Å². The molecular weight excluding hydrogens is 285 g/mol. The van der Waals surface area contributed by atoms with Crippen molar-refractivity contribution in [2.45, 2.75) is 12.5 Å². The summed E-state index contributed by atoms with van der Waals surface area (Å²) in [4.78, 5) is 20.3. The largest absolute Gasteiger partial charge is 0.320 e. The minimum Gasteiger partial charge on any atom is -0.320 e. The maximum absolute atomic E-state index is 13.1. The van der Waals surface area contributed by atoms with Gasteiger partial charge in [0.15, 0.2) is 0 Å². The highest BCUT2D eigenvalue weighted by molar-refractivity contribution is 5.96. The zero-order valence-electron chi connectivity index (χ0n) is 11.7. The Balaban J connectivity index is 2.17. The minimum absolute atomic E-state index is 0.0163. The van der Waals surface area contributed by atoms with Crippen molar-refractivity contribution in [2.24, 2.45) is 5.73 Å². The van der Waals surface area contributed by atoms with Gasteiger partial charge in [0.2, 0.25) is 5.91 Å². The molecule has 0 aliphatic carbocycles. The van der Waals surface area contributed by atoms with E-state index in [0.717, 1.165) is 10.5 Å². The highest BCUT2D eigenvalue weighted by Crippen LogP contribution is 2.12. The van der Waals surface area contributed by atoms with Crippen molar-refractivity contribution in [1.82, 2.24) is 9.97 Å². The molecule has 0 saturated heterocycles. The number of carbonyl (C=O) groups excluding carboxylic acids is 1. The average molecular weight is 299 g/mol. The summed E-state index contributed by atoms with van der Waals surface area (Å²) in [6.45, 7) is -0.266. The maximum atomic E-state index is 13.1. The van der Waals surface area contributed by atoms with E-state index in [1.54, 1.807) is 0 Å². The zero-order valence-corrected chi connectivity index (χ0v) is 11.7. The molecule has 1 heterocycles. The first kappa shape index (κ1) is 15.5. The van der Waals surface area contributed by atoms with Crippen LogP contribution in [0.2, 0.25) is 0 Å². The molecule has 0 saturated carbocycles. The molecule has 0 unspecified atom stereocenters. The van der Waals surface area contributed by atoms with Gasteiger partial charge in [0.1, 0.15) is 12.4 Å². The lowest BCUT2D eigenvalue weighted by molar-refractivity contribution is -0.119. The van der Waals surface area contributed by atoms with Crippen molar-refractivity contribution in [3.05, 3.63) is 54.2 Å². The Kier molecular flexibility index (Phi) is 5.11. The van der Waals surface area contributed by atoms with Gasteiger partial charge in [-0.2, -0.15) is 14.6 Å². The van der Waals surface area contributed by atoms with Crippen molar-refractivity contribution >= 4 is 11.7 Å². The van der Waals surface area contributed by atoms with Gasteiger partial charge < -0.3 is 5.73 Å². The number of halogens is 1. The number of nitrogens with two attached hydrogens (primary N) is 1. The molecule has 0 radical (unpaired) electrons. The predicted molar refractivity (Wildman–Crippen MR) is 78.1 cm³/mol. The summed E-state index contributed by atoms with van der Waals surface area (Å²) in [6, 6.07) is 11.6. The van der Waals surface area contributed by atoms with E-state index in [2.05, 4.69) is 9.97 Å². The van der Waals surface area contributed by atoms with E-state index in [4.69, 9.17) is 11.0 Å².